The van der Waals surface area contributed by atoms with Crippen molar-refractivity contribution in [3.05, 3.63) is 18.1 Å². The highest BCUT2D eigenvalue weighted by molar-refractivity contribution is 5.45. The van der Waals surface area contributed by atoms with Gasteiger partial charge in [0.15, 0.2) is 11.5 Å². The molecule has 5 nitrogen and oxygen atoms in total. The van der Waals surface area contributed by atoms with Gasteiger partial charge in [-0.2, -0.15) is 5.26 Å². The summed E-state index contributed by atoms with van der Waals surface area (Å²) in [6, 6.07) is 1.94. The zero-order valence-corrected chi connectivity index (χ0v) is 8.94. The molecule has 1 aromatic heterocycles. The molecule has 1 N–H and O–H groups in total. The molecule has 1 heterocycles. The second-order valence-electron chi connectivity index (χ2n) is 2.37. The summed E-state index contributed by atoms with van der Waals surface area (Å²) in [6.07, 6.45) is 3.02. The average Bonchev–Trinajstić information content (AvgIpc) is 2.21. The van der Waals surface area contributed by atoms with Crippen molar-refractivity contribution < 1.29 is 0 Å². The molecular weight excluding hydrogens is 178 g/mol. The van der Waals surface area contributed by atoms with Crippen molar-refractivity contribution >= 4 is 5.82 Å². The lowest BCUT2D eigenvalue weighted by molar-refractivity contribution is 0.491. The summed E-state index contributed by atoms with van der Waals surface area (Å²) in [6.45, 7) is 4.00. The number of hydrogen-bond donors (Lipinski definition) is 1. The van der Waals surface area contributed by atoms with Gasteiger partial charge in [0.2, 0.25) is 0 Å². The lowest BCUT2D eigenvalue weighted by Gasteiger charge is -2.12. The maximum Gasteiger partial charge on any atom is 0.184 e. The highest BCUT2D eigenvalue weighted by atomic mass is 15.5. The third-order valence-electron chi connectivity index (χ3n) is 1.13. The highest BCUT2D eigenvalue weighted by Crippen LogP contribution is 2.05. The fraction of sp³-hybridized carbons (Fsp3) is 0.444. The number of nitrogens with one attached hydrogen (secondary N) is 1. The molecule has 0 aliphatic carbocycles. The number of nitrogens with zero attached hydrogens (tertiary/aromatic N) is 4. The van der Waals surface area contributed by atoms with Crippen LogP contribution < -0.4 is 5.43 Å². The summed E-state index contributed by atoms with van der Waals surface area (Å²) in [5.41, 5.74) is 3.16. The molecule has 0 saturated carbocycles. The molecular formula is C9H15N5. The van der Waals surface area contributed by atoms with Crippen LogP contribution >= 0.6 is 0 Å². The zero-order valence-electron chi connectivity index (χ0n) is 8.94. The van der Waals surface area contributed by atoms with Gasteiger partial charge >= 0.3 is 0 Å². The second-order valence-corrected chi connectivity index (χ2v) is 2.37. The molecule has 0 saturated heterocycles. The smallest absolute Gasteiger partial charge is 0.184 e. The summed E-state index contributed by atoms with van der Waals surface area (Å²) in [7, 11) is 3.63. The first-order chi connectivity index (χ1) is 6.74. The van der Waals surface area contributed by atoms with E-state index in [1.807, 2.05) is 34.0 Å². The largest absolute Gasteiger partial charge is 0.301 e. The van der Waals surface area contributed by atoms with Crippen molar-refractivity contribution in [3.8, 4) is 6.07 Å². The van der Waals surface area contributed by atoms with Crippen LogP contribution in [0.25, 0.3) is 0 Å². The van der Waals surface area contributed by atoms with Crippen LogP contribution in [0.2, 0.25) is 0 Å². The normalized spacial score (nSPS) is 8.57. The van der Waals surface area contributed by atoms with Crippen LogP contribution in [-0.4, -0.2) is 29.1 Å². The van der Waals surface area contributed by atoms with Gasteiger partial charge in [0.05, 0.1) is 0 Å². The van der Waals surface area contributed by atoms with E-state index in [2.05, 4.69) is 15.4 Å². The summed E-state index contributed by atoms with van der Waals surface area (Å²) in [5, 5.41) is 10.3. The molecule has 0 atom stereocenters. The molecule has 0 bridgehead atoms. The van der Waals surface area contributed by atoms with Gasteiger partial charge in [-0.1, -0.05) is 13.8 Å². The second kappa shape index (κ2) is 6.80. The van der Waals surface area contributed by atoms with Crippen molar-refractivity contribution in [2.45, 2.75) is 13.8 Å². The van der Waals surface area contributed by atoms with Crippen molar-refractivity contribution in [2.24, 2.45) is 0 Å². The molecule has 0 aliphatic heterocycles. The fourth-order valence-corrected chi connectivity index (χ4v) is 0.713. The highest BCUT2D eigenvalue weighted by Gasteiger charge is 2.02. The van der Waals surface area contributed by atoms with Crippen molar-refractivity contribution in [2.75, 3.05) is 19.5 Å². The standard InChI is InChI=1S/C7H9N5.C2H6/c1-12(2)11-7-6(5-8)9-3-4-10-7;1-2/h3-4H,1-2H3,(H,10,11);1-2H3. The van der Waals surface area contributed by atoms with Crippen LogP contribution in [0.5, 0.6) is 0 Å². The predicted octanol–water partition coefficient (Wildman–Crippen LogP) is 1.26. The molecule has 0 radical (unpaired) electrons. The predicted molar refractivity (Wildman–Crippen MR) is 55.4 cm³/mol. The summed E-state index contributed by atoms with van der Waals surface area (Å²) < 4.78 is 0. The summed E-state index contributed by atoms with van der Waals surface area (Å²) >= 11 is 0. The molecule has 0 unspecified atom stereocenters. The van der Waals surface area contributed by atoms with Crippen LogP contribution in [0.1, 0.15) is 19.5 Å². The van der Waals surface area contributed by atoms with E-state index in [9.17, 15) is 0 Å². The summed E-state index contributed by atoms with van der Waals surface area (Å²) in [4.78, 5) is 7.79. The Labute approximate surface area is 84.4 Å². The van der Waals surface area contributed by atoms with Crippen LogP contribution in [-0.2, 0) is 0 Å². The van der Waals surface area contributed by atoms with E-state index in [1.54, 1.807) is 5.01 Å². The van der Waals surface area contributed by atoms with Gasteiger partial charge in [-0.05, 0) is 0 Å². The molecule has 76 valence electrons. The number of hydrogen-bond acceptors (Lipinski definition) is 5. The number of rotatable bonds is 2. The van der Waals surface area contributed by atoms with Gasteiger partial charge in [0.25, 0.3) is 0 Å². The van der Waals surface area contributed by atoms with E-state index in [0.29, 0.717) is 11.5 Å². The van der Waals surface area contributed by atoms with E-state index in [4.69, 9.17) is 5.26 Å². The Morgan fingerprint density at radius 1 is 1.29 bits per heavy atom. The average molecular weight is 193 g/mol. The molecule has 1 rings (SSSR count). The zero-order chi connectivity index (χ0) is 11.0. The Bertz CT molecular complexity index is 302. The Morgan fingerprint density at radius 3 is 2.36 bits per heavy atom. The summed E-state index contributed by atoms with van der Waals surface area (Å²) in [5.74, 6) is 0.477. The molecule has 0 fully saturated rings. The number of aromatic nitrogens is 2. The van der Waals surface area contributed by atoms with Gasteiger partial charge in [-0.3, -0.25) is 0 Å². The van der Waals surface area contributed by atoms with E-state index < -0.39 is 0 Å². The first kappa shape index (κ1) is 12.3. The fourth-order valence-electron chi connectivity index (χ4n) is 0.713. The molecule has 0 aromatic carbocycles. The Morgan fingerprint density at radius 2 is 1.86 bits per heavy atom. The van der Waals surface area contributed by atoms with Gasteiger partial charge in [-0.25, -0.2) is 15.0 Å². The van der Waals surface area contributed by atoms with Crippen LogP contribution in [0.4, 0.5) is 5.82 Å². The Kier molecular flexibility index (Phi) is 5.99. The van der Waals surface area contributed by atoms with Crippen LogP contribution in [0.15, 0.2) is 12.4 Å². The number of anilines is 1. The first-order valence-corrected chi connectivity index (χ1v) is 4.39. The SMILES string of the molecule is CC.CN(C)Nc1nccnc1C#N. The van der Waals surface area contributed by atoms with Gasteiger partial charge in [-0.15, -0.1) is 0 Å². The minimum atomic E-state index is 0.297. The maximum absolute atomic E-state index is 8.62. The van der Waals surface area contributed by atoms with E-state index in [-0.39, 0.29) is 0 Å². The molecule has 5 heteroatoms. The minimum Gasteiger partial charge on any atom is -0.301 e. The van der Waals surface area contributed by atoms with Crippen molar-refractivity contribution in [1.29, 1.82) is 5.26 Å². The topological polar surface area (TPSA) is 64.8 Å². The Hall–Kier alpha value is -1.67. The van der Waals surface area contributed by atoms with Crippen LogP contribution in [0, 0.1) is 11.3 Å². The lowest BCUT2D eigenvalue weighted by Crippen LogP contribution is -2.21. The number of nitriles is 1. The van der Waals surface area contributed by atoms with E-state index in [0.717, 1.165) is 0 Å². The van der Waals surface area contributed by atoms with Gasteiger partial charge in [0.1, 0.15) is 6.07 Å². The quantitative estimate of drug-likeness (QED) is 0.716. The van der Waals surface area contributed by atoms with Crippen molar-refractivity contribution in [1.82, 2.24) is 15.0 Å². The van der Waals surface area contributed by atoms with E-state index in [1.165, 1.54) is 12.4 Å². The maximum atomic E-state index is 8.62. The third kappa shape index (κ3) is 3.83. The first-order valence-electron chi connectivity index (χ1n) is 4.39. The monoisotopic (exact) mass is 193 g/mol. The van der Waals surface area contributed by atoms with Gasteiger partial charge in [0, 0.05) is 26.5 Å². The molecule has 0 spiro atoms. The minimum absolute atomic E-state index is 0.297. The van der Waals surface area contributed by atoms with Crippen LogP contribution in [0.3, 0.4) is 0 Å². The third-order valence-corrected chi connectivity index (χ3v) is 1.13. The van der Waals surface area contributed by atoms with Crippen molar-refractivity contribution in [3.63, 3.8) is 0 Å². The van der Waals surface area contributed by atoms with E-state index >= 15 is 0 Å². The number of hydrazine groups is 1. The Balaban J connectivity index is 0.000000791. The van der Waals surface area contributed by atoms with Gasteiger partial charge < -0.3 is 5.43 Å². The molecule has 0 amide bonds. The lowest BCUT2D eigenvalue weighted by atomic mass is 10.4. The molecule has 1 aromatic rings. The molecule has 0 aliphatic rings. The molecule has 14 heavy (non-hydrogen) atoms.